The fourth-order valence-corrected chi connectivity index (χ4v) is 3.57. The summed E-state index contributed by atoms with van der Waals surface area (Å²) in [5.74, 6) is 2.73. The van der Waals surface area contributed by atoms with Gasteiger partial charge in [0.25, 0.3) is 0 Å². The van der Waals surface area contributed by atoms with Crippen molar-refractivity contribution in [2.45, 2.75) is 6.54 Å². The molecule has 1 aliphatic heterocycles. The number of aliphatic imine (C=N–C) groups is 1. The molecule has 3 rings (SSSR count). The quantitative estimate of drug-likeness (QED) is 0.518. The smallest absolute Gasteiger partial charge is 0.194 e. The predicted octanol–water partition coefficient (Wildman–Crippen LogP) is 2.53. The topological polar surface area (TPSA) is 52.6 Å². The van der Waals surface area contributed by atoms with Crippen molar-refractivity contribution in [1.29, 1.82) is 0 Å². The van der Waals surface area contributed by atoms with E-state index in [1.807, 2.05) is 45.4 Å². The lowest BCUT2D eigenvalue weighted by molar-refractivity contribution is 0.261. The number of ether oxygens (including phenoxy) is 2. The summed E-state index contributed by atoms with van der Waals surface area (Å²) >= 11 is 0. The van der Waals surface area contributed by atoms with Gasteiger partial charge in [0.1, 0.15) is 18.1 Å². The van der Waals surface area contributed by atoms with Crippen LogP contribution in [0, 0.1) is 0 Å². The molecule has 2 aromatic rings. The number of nitrogens with zero attached hydrogens (tertiary/aromatic N) is 4. The number of anilines is 1. The van der Waals surface area contributed by atoms with Gasteiger partial charge in [-0.2, -0.15) is 0 Å². The third-order valence-corrected chi connectivity index (χ3v) is 5.38. The molecule has 0 unspecified atom stereocenters. The molecule has 0 radical (unpaired) electrons. The Morgan fingerprint density at radius 1 is 1.03 bits per heavy atom. The van der Waals surface area contributed by atoms with Crippen LogP contribution in [0.4, 0.5) is 5.69 Å². The summed E-state index contributed by atoms with van der Waals surface area (Å²) in [5, 5.41) is 3.50. The molecule has 1 saturated heterocycles. The summed E-state index contributed by atoms with van der Waals surface area (Å²) in [5.41, 5.74) is 2.41. The number of guanidine groups is 1. The van der Waals surface area contributed by atoms with E-state index in [1.54, 1.807) is 7.11 Å². The van der Waals surface area contributed by atoms with Gasteiger partial charge in [-0.25, -0.2) is 0 Å². The summed E-state index contributed by atoms with van der Waals surface area (Å²) < 4.78 is 11.1. The number of nitrogens with one attached hydrogen (secondary N) is 1. The summed E-state index contributed by atoms with van der Waals surface area (Å²) in [4.78, 5) is 11.3. The second kappa shape index (κ2) is 11.5. The van der Waals surface area contributed by atoms with Crippen molar-refractivity contribution in [3.63, 3.8) is 0 Å². The Kier molecular flexibility index (Phi) is 8.41. The highest BCUT2D eigenvalue weighted by Crippen LogP contribution is 2.20. The Bertz CT molecular complexity index is 830. The normalized spacial score (nSPS) is 14.7. The number of benzene rings is 2. The maximum atomic E-state index is 5.85. The molecule has 7 heteroatoms. The van der Waals surface area contributed by atoms with Gasteiger partial charge in [0.15, 0.2) is 5.96 Å². The van der Waals surface area contributed by atoms with E-state index in [-0.39, 0.29) is 0 Å². The lowest BCUT2D eigenvalue weighted by Crippen LogP contribution is -2.52. The molecule has 0 spiro atoms. The van der Waals surface area contributed by atoms with Gasteiger partial charge in [0.2, 0.25) is 0 Å². The van der Waals surface area contributed by atoms with E-state index in [0.717, 1.165) is 56.7 Å². The molecule has 1 heterocycles. The van der Waals surface area contributed by atoms with Crippen molar-refractivity contribution >= 4 is 11.6 Å². The Morgan fingerprint density at radius 3 is 2.42 bits per heavy atom. The van der Waals surface area contributed by atoms with Gasteiger partial charge >= 0.3 is 0 Å². The first-order valence-electron chi connectivity index (χ1n) is 10.8. The highest BCUT2D eigenvalue weighted by atomic mass is 16.5. The minimum atomic E-state index is 0.685. The third-order valence-electron chi connectivity index (χ3n) is 5.38. The molecule has 0 amide bonds. The van der Waals surface area contributed by atoms with Crippen molar-refractivity contribution < 1.29 is 9.47 Å². The van der Waals surface area contributed by atoms with Crippen molar-refractivity contribution in [1.82, 2.24) is 15.1 Å². The molecule has 7 nitrogen and oxygen atoms in total. The molecule has 1 fully saturated rings. The SMILES string of the molecule is CN=C(NCc1cccc(OCCN(C)C)c1)N1CCN(c2ccc(OC)cc2)CC1. The van der Waals surface area contributed by atoms with E-state index in [9.17, 15) is 0 Å². The lowest BCUT2D eigenvalue weighted by Gasteiger charge is -2.37. The van der Waals surface area contributed by atoms with Crippen LogP contribution in [0.2, 0.25) is 0 Å². The standard InChI is InChI=1S/C24H35N5O2/c1-25-24(26-19-20-6-5-7-23(18-20)31-17-16-27(2)3)29-14-12-28(13-15-29)21-8-10-22(30-4)11-9-21/h5-11,18H,12-17,19H2,1-4H3,(H,25,26). The van der Waals surface area contributed by atoms with Gasteiger partial charge in [-0.15, -0.1) is 0 Å². The Morgan fingerprint density at radius 2 is 1.77 bits per heavy atom. The largest absolute Gasteiger partial charge is 0.497 e. The zero-order valence-electron chi connectivity index (χ0n) is 19.2. The molecule has 0 aliphatic carbocycles. The van der Waals surface area contributed by atoms with Crippen LogP contribution < -0.4 is 19.7 Å². The van der Waals surface area contributed by atoms with E-state index in [0.29, 0.717) is 6.61 Å². The number of rotatable bonds is 8. The second-order valence-corrected chi connectivity index (χ2v) is 7.87. The number of hydrogen-bond acceptors (Lipinski definition) is 5. The lowest BCUT2D eigenvalue weighted by atomic mass is 10.2. The van der Waals surface area contributed by atoms with Crippen LogP contribution in [0.25, 0.3) is 0 Å². The van der Waals surface area contributed by atoms with Crippen LogP contribution in [0.5, 0.6) is 11.5 Å². The van der Waals surface area contributed by atoms with Gasteiger partial charge in [-0.1, -0.05) is 12.1 Å². The third kappa shape index (κ3) is 6.79. The van der Waals surface area contributed by atoms with E-state index < -0.39 is 0 Å². The molecule has 31 heavy (non-hydrogen) atoms. The molecule has 2 aromatic carbocycles. The average Bonchev–Trinajstić information content (AvgIpc) is 2.80. The number of likely N-dealkylation sites (N-methyl/N-ethyl adjacent to an activating group) is 1. The van der Waals surface area contributed by atoms with Crippen molar-refractivity contribution in [2.75, 3.05) is 72.5 Å². The first-order valence-corrected chi connectivity index (χ1v) is 10.8. The Balaban J connectivity index is 1.48. The molecular formula is C24H35N5O2. The zero-order chi connectivity index (χ0) is 22.1. The average molecular weight is 426 g/mol. The first kappa shape index (κ1) is 22.7. The molecule has 1 N–H and O–H groups in total. The maximum Gasteiger partial charge on any atom is 0.194 e. The summed E-state index contributed by atoms with van der Waals surface area (Å²) in [6, 6.07) is 16.5. The molecule has 0 aromatic heterocycles. The molecular weight excluding hydrogens is 390 g/mol. The van der Waals surface area contributed by atoms with E-state index in [4.69, 9.17) is 9.47 Å². The van der Waals surface area contributed by atoms with Gasteiger partial charge < -0.3 is 29.5 Å². The van der Waals surface area contributed by atoms with Crippen molar-refractivity contribution in [2.24, 2.45) is 4.99 Å². The minimum absolute atomic E-state index is 0.685. The fourth-order valence-electron chi connectivity index (χ4n) is 3.57. The second-order valence-electron chi connectivity index (χ2n) is 7.87. The van der Waals surface area contributed by atoms with Crippen LogP contribution in [-0.2, 0) is 6.54 Å². The predicted molar refractivity (Wildman–Crippen MR) is 127 cm³/mol. The maximum absolute atomic E-state index is 5.85. The van der Waals surface area contributed by atoms with Crippen LogP contribution in [0.3, 0.4) is 0 Å². The minimum Gasteiger partial charge on any atom is -0.497 e. The van der Waals surface area contributed by atoms with E-state index >= 15 is 0 Å². The van der Waals surface area contributed by atoms with Crippen LogP contribution in [0.15, 0.2) is 53.5 Å². The fraction of sp³-hybridized carbons (Fsp3) is 0.458. The Hall–Kier alpha value is -2.93. The number of hydrogen-bond donors (Lipinski definition) is 1. The van der Waals surface area contributed by atoms with Gasteiger partial charge in [0, 0.05) is 52.0 Å². The zero-order valence-corrected chi connectivity index (χ0v) is 19.2. The van der Waals surface area contributed by atoms with Crippen molar-refractivity contribution in [3.8, 4) is 11.5 Å². The monoisotopic (exact) mass is 425 g/mol. The van der Waals surface area contributed by atoms with Crippen LogP contribution in [-0.4, -0.2) is 83.3 Å². The first-order chi connectivity index (χ1) is 15.1. The molecule has 0 atom stereocenters. The highest BCUT2D eigenvalue weighted by Gasteiger charge is 2.19. The van der Waals surface area contributed by atoms with Gasteiger partial charge in [0.05, 0.1) is 7.11 Å². The molecule has 0 saturated carbocycles. The van der Waals surface area contributed by atoms with Crippen LogP contribution >= 0.6 is 0 Å². The Labute approximate surface area is 186 Å². The van der Waals surface area contributed by atoms with Gasteiger partial charge in [-0.05, 0) is 56.1 Å². The van der Waals surface area contributed by atoms with Crippen LogP contribution in [0.1, 0.15) is 5.56 Å². The van der Waals surface area contributed by atoms with E-state index in [2.05, 4.69) is 49.3 Å². The molecule has 0 bridgehead atoms. The molecule has 1 aliphatic rings. The summed E-state index contributed by atoms with van der Waals surface area (Å²) in [7, 11) is 7.64. The number of piperazine rings is 1. The summed E-state index contributed by atoms with van der Waals surface area (Å²) in [6.07, 6.45) is 0. The number of methoxy groups -OCH3 is 1. The molecule has 168 valence electrons. The van der Waals surface area contributed by atoms with Crippen molar-refractivity contribution in [3.05, 3.63) is 54.1 Å². The summed E-state index contributed by atoms with van der Waals surface area (Å²) in [6.45, 7) is 6.08. The van der Waals surface area contributed by atoms with Gasteiger partial charge in [-0.3, -0.25) is 4.99 Å². The van der Waals surface area contributed by atoms with E-state index in [1.165, 1.54) is 11.3 Å². The highest BCUT2D eigenvalue weighted by molar-refractivity contribution is 5.80.